The van der Waals surface area contributed by atoms with Crippen LogP contribution in [0.3, 0.4) is 0 Å². The van der Waals surface area contributed by atoms with E-state index in [9.17, 15) is 14.4 Å². The molecule has 2 aromatic carbocycles. The average molecular weight is 665 g/mol. The number of carbonyl (C=O) groups excluding carboxylic acids is 2. The van der Waals surface area contributed by atoms with Crippen LogP contribution in [0.5, 0.6) is 0 Å². The highest BCUT2D eigenvalue weighted by atomic mass is 35.5. The summed E-state index contributed by atoms with van der Waals surface area (Å²) in [5.41, 5.74) is 4.76. The second kappa shape index (κ2) is 13.2. The number of halogens is 1. The van der Waals surface area contributed by atoms with Crippen LogP contribution in [-0.4, -0.2) is 33.2 Å². The average Bonchev–Trinajstić information content (AvgIpc) is 3.09. The monoisotopic (exact) mass is 664 g/mol. The van der Waals surface area contributed by atoms with Gasteiger partial charge < -0.3 is 16.0 Å². The van der Waals surface area contributed by atoms with Gasteiger partial charge in [0.1, 0.15) is 5.69 Å². The standard InChI is InChI=1S/C38H41ClN6O3/c1-3-45-36(47)33(42-37(48)43-34-23(2)20-40-21-31(34)39)17-32(44-45)28-8-4-6-26(15-28)27-7-5-9-29(16-27)35(46)41-22-38-13-12-25-11-10-24(18-38)14-30(25)19-38/h4-9,15-17,20-21,24-25,30H,3,10-14,18-19,22H2,1-2H3,(H,41,46)(H2,40,42,43,48). The maximum absolute atomic E-state index is 13.5. The number of urea groups is 1. The minimum absolute atomic E-state index is 0.0332. The van der Waals surface area contributed by atoms with Gasteiger partial charge in [0.05, 0.1) is 16.4 Å². The topological polar surface area (TPSA) is 118 Å². The van der Waals surface area contributed by atoms with E-state index in [1.165, 1.54) is 55.8 Å². The highest BCUT2D eigenvalue weighted by Gasteiger charge is 2.49. The predicted octanol–water partition coefficient (Wildman–Crippen LogP) is 7.93. The molecule has 0 spiro atoms. The number of nitrogens with zero attached hydrogens (tertiary/aromatic N) is 3. The number of carbonyl (C=O) groups is 2. The lowest BCUT2D eigenvalue weighted by Crippen LogP contribution is -2.49. The van der Waals surface area contributed by atoms with E-state index in [0.29, 0.717) is 34.1 Å². The smallest absolute Gasteiger partial charge is 0.323 e. The Bertz CT molecular complexity index is 1920. The van der Waals surface area contributed by atoms with Crippen molar-refractivity contribution in [2.24, 2.45) is 23.2 Å². The molecule has 3 amide bonds. The maximum atomic E-state index is 13.5. The van der Waals surface area contributed by atoms with Crippen LogP contribution in [0.1, 0.15) is 67.8 Å². The Labute approximate surface area is 285 Å². The molecule has 3 fully saturated rings. The van der Waals surface area contributed by atoms with Gasteiger partial charge in [-0.15, -0.1) is 0 Å². The van der Waals surface area contributed by atoms with Gasteiger partial charge in [-0.05, 0) is 116 Å². The van der Waals surface area contributed by atoms with E-state index in [4.69, 9.17) is 11.6 Å². The Morgan fingerprint density at radius 3 is 2.56 bits per heavy atom. The van der Waals surface area contributed by atoms with Crippen LogP contribution in [-0.2, 0) is 6.54 Å². The molecule has 3 N–H and O–H groups in total. The molecule has 7 rings (SSSR count). The first-order valence-corrected chi connectivity index (χ1v) is 17.4. The van der Waals surface area contributed by atoms with Crippen molar-refractivity contribution < 1.29 is 9.59 Å². The summed E-state index contributed by atoms with van der Waals surface area (Å²) >= 11 is 6.23. The Kier molecular flexibility index (Phi) is 8.81. The molecule has 3 aliphatic carbocycles. The van der Waals surface area contributed by atoms with Gasteiger partial charge in [-0.2, -0.15) is 5.10 Å². The molecule has 4 atom stereocenters. The number of fused-ring (bicyclic) bond motifs is 2. The van der Waals surface area contributed by atoms with E-state index in [-0.39, 0.29) is 17.0 Å². The van der Waals surface area contributed by atoms with Crippen molar-refractivity contribution in [3.8, 4) is 22.4 Å². The van der Waals surface area contributed by atoms with Crippen molar-refractivity contribution in [2.75, 3.05) is 17.2 Å². The quantitative estimate of drug-likeness (QED) is 0.177. The van der Waals surface area contributed by atoms with Gasteiger partial charge in [0.15, 0.2) is 0 Å². The molecule has 9 nitrogen and oxygen atoms in total. The van der Waals surface area contributed by atoms with E-state index < -0.39 is 11.6 Å². The Balaban J connectivity index is 1.09. The van der Waals surface area contributed by atoms with E-state index in [0.717, 1.165) is 41.0 Å². The third-order valence-electron chi connectivity index (χ3n) is 10.8. The van der Waals surface area contributed by atoms with Crippen LogP contribution in [0.2, 0.25) is 5.02 Å². The van der Waals surface area contributed by atoms with Crippen LogP contribution in [0.15, 0.2) is 71.8 Å². The number of benzene rings is 2. The van der Waals surface area contributed by atoms with Crippen molar-refractivity contribution in [1.29, 1.82) is 0 Å². The second-order valence-electron chi connectivity index (χ2n) is 13.9. The molecule has 2 heterocycles. The molecule has 4 aromatic rings. The Hall–Kier alpha value is -4.50. The number of pyridine rings is 1. The first-order chi connectivity index (χ1) is 23.2. The van der Waals surface area contributed by atoms with Gasteiger partial charge in [0.2, 0.25) is 0 Å². The first-order valence-electron chi connectivity index (χ1n) is 17.0. The zero-order chi connectivity index (χ0) is 33.4. The molecule has 4 unspecified atom stereocenters. The van der Waals surface area contributed by atoms with Gasteiger partial charge in [-0.3, -0.25) is 14.6 Å². The van der Waals surface area contributed by atoms with E-state index in [2.05, 4.69) is 26.0 Å². The molecule has 2 aromatic heterocycles. The Morgan fingerprint density at radius 1 is 0.958 bits per heavy atom. The summed E-state index contributed by atoms with van der Waals surface area (Å²) in [6.07, 6.45) is 12.3. The van der Waals surface area contributed by atoms with E-state index >= 15 is 0 Å². The van der Waals surface area contributed by atoms with Crippen molar-refractivity contribution in [3.63, 3.8) is 0 Å². The van der Waals surface area contributed by atoms with Crippen LogP contribution in [0.25, 0.3) is 22.4 Å². The fourth-order valence-corrected chi connectivity index (χ4v) is 8.68. The highest BCUT2D eigenvalue weighted by molar-refractivity contribution is 6.33. The third-order valence-corrected chi connectivity index (χ3v) is 11.1. The largest absolute Gasteiger partial charge is 0.351 e. The predicted molar refractivity (Wildman–Crippen MR) is 189 cm³/mol. The first kappa shape index (κ1) is 32.1. The molecule has 0 saturated heterocycles. The van der Waals surface area contributed by atoms with Gasteiger partial charge in [0.25, 0.3) is 11.5 Å². The lowest BCUT2D eigenvalue weighted by Gasteiger charge is -2.55. The molecule has 10 heteroatoms. The number of aryl methyl sites for hydroxylation is 2. The zero-order valence-corrected chi connectivity index (χ0v) is 28.1. The Morgan fingerprint density at radius 2 is 1.75 bits per heavy atom. The maximum Gasteiger partial charge on any atom is 0.323 e. The summed E-state index contributed by atoms with van der Waals surface area (Å²) in [4.78, 5) is 43.5. The van der Waals surface area contributed by atoms with Crippen LogP contribution < -0.4 is 21.5 Å². The van der Waals surface area contributed by atoms with Crippen molar-refractivity contribution >= 4 is 34.9 Å². The normalized spacial score (nSPS) is 22.6. The molecule has 0 radical (unpaired) electrons. The minimum atomic E-state index is -0.606. The van der Waals surface area contributed by atoms with Crippen LogP contribution in [0.4, 0.5) is 16.2 Å². The molecular weight excluding hydrogens is 624 g/mol. The third kappa shape index (κ3) is 6.48. The van der Waals surface area contributed by atoms with Gasteiger partial charge in [0, 0.05) is 36.6 Å². The number of hydrogen-bond acceptors (Lipinski definition) is 5. The molecule has 0 aliphatic heterocycles. The zero-order valence-electron chi connectivity index (χ0n) is 27.4. The summed E-state index contributed by atoms with van der Waals surface area (Å²) in [5.74, 6) is 2.55. The van der Waals surface area contributed by atoms with Crippen molar-refractivity contribution in [3.05, 3.63) is 93.5 Å². The van der Waals surface area contributed by atoms with Gasteiger partial charge in [-0.25, -0.2) is 9.48 Å². The summed E-state index contributed by atoms with van der Waals surface area (Å²) in [5, 5.41) is 13.6. The van der Waals surface area contributed by atoms with Gasteiger partial charge in [-0.1, -0.05) is 48.4 Å². The van der Waals surface area contributed by atoms with Crippen LogP contribution in [0, 0.1) is 30.1 Å². The molecule has 3 saturated carbocycles. The van der Waals surface area contributed by atoms with Crippen molar-refractivity contribution in [1.82, 2.24) is 20.1 Å². The number of rotatable bonds is 8. The number of amides is 3. The number of nitrogens with one attached hydrogen (secondary N) is 3. The van der Waals surface area contributed by atoms with Crippen molar-refractivity contribution in [2.45, 2.75) is 65.3 Å². The number of hydrogen-bond donors (Lipinski definition) is 3. The van der Waals surface area contributed by atoms with Crippen LogP contribution >= 0.6 is 11.6 Å². The molecular formula is C38H41ClN6O3. The molecule has 248 valence electrons. The second-order valence-corrected chi connectivity index (χ2v) is 14.4. The number of aromatic nitrogens is 3. The summed E-state index contributed by atoms with van der Waals surface area (Å²) in [6.45, 7) is 4.67. The minimum Gasteiger partial charge on any atom is -0.351 e. The lowest BCUT2D eigenvalue weighted by atomic mass is 9.51. The SMILES string of the molecule is CCn1nc(-c2cccc(-c3cccc(C(=O)NCC45CCC6CCC(CC6C4)C5)c3)c2)cc(NC(=O)Nc2c(C)cncc2Cl)c1=O. The lowest BCUT2D eigenvalue weighted by molar-refractivity contribution is -0.0324. The number of anilines is 2. The summed E-state index contributed by atoms with van der Waals surface area (Å²) in [7, 11) is 0. The highest BCUT2D eigenvalue weighted by Crippen LogP contribution is 2.58. The molecule has 48 heavy (non-hydrogen) atoms. The van der Waals surface area contributed by atoms with E-state index in [1.807, 2.05) is 55.5 Å². The fourth-order valence-electron chi connectivity index (χ4n) is 8.43. The summed E-state index contributed by atoms with van der Waals surface area (Å²) < 4.78 is 1.32. The fraction of sp³-hybridized carbons (Fsp3) is 0.395. The molecule has 3 bridgehead atoms. The van der Waals surface area contributed by atoms with E-state index in [1.54, 1.807) is 19.2 Å². The van der Waals surface area contributed by atoms with Gasteiger partial charge >= 0.3 is 6.03 Å². The summed E-state index contributed by atoms with van der Waals surface area (Å²) in [6, 6.07) is 16.5. The molecule has 3 aliphatic rings.